The average Bonchev–Trinajstić information content (AvgIpc) is 2.52. The third kappa shape index (κ3) is 16.7. The van der Waals surface area contributed by atoms with Crippen LogP contribution in [0.25, 0.3) is 0 Å². The van der Waals surface area contributed by atoms with Gasteiger partial charge in [0.15, 0.2) is 0 Å². The minimum atomic E-state index is -2.79. The summed E-state index contributed by atoms with van der Waals surface area (Å²) in [6.45, 7) is 4.16. The van der Waals surface area contributed by atoms with Gasteiger partial charge < -0.3 is 0 Å². The summed E-state index contributed by atoms with van der Waals surface area (Å²) in [4.78, 5) is 0. The lowest BCUT2D eigenvalue weighted by atomic mass is 10.1. The maximum atomic E-state index is 11.7. The summed E-state index contributed by atoms with van der Waals surface area (Å²) in [6.07, 6.45) is 12.9. The van der Waals surface area contributed by atoms with Crippen molar-refractivity contribution in [2.45, 2.75) is 90.9 Å². The fraction of sp³-hybridized carbons (Fsp3) is 1.00. The third-order valence-electron chi connectivity index (χ3n) is 4.11. The number of unbranched alkanes of at least 4 members (excludes halogenated alkanes) is 9. The van der Waals surface area contributed by atoms with Gasteiger partial charge in [0, 0.05) is 22.3 Å². The van der Waals surface area contributed by atoms with E-state index >= 15 is 0 Å². The van der Waals surface area contributed by atoms with Crippen LogP contribution in [0.3, 0.4) is 0 Å². The van der Waals surface area contributed by atoms with Gasteiger partial charge in [-0.25, -0.2) is 8.42 Å². The van der Waals surface area contributed by atoms with E-state index in [1.807, 2.05) is 6.92 Å². The summed E-state index contributed by atoms with van der Waals surface area (Å²) >= 11 is 0. The van der Waals surface area contributed by atoms with Crippen LogP contribution >= 0.6 is 0 Å². The summed E-state index contributed by atoms with van der Waals surface area (Å²) in [6, 6.07) is 0. The molecule has 0 heterocycles. The SMILES string of the molecule is CCCCS(=O)CCCCCCCCCCS(=O)(=O)CCCC. The van der Waals surface area contributed by atoms with E-state index in [-0.39, 0.29) is 0 Å². The minimum absolute atomic E-state index is 0.364. The quantitative estimate of drug-likeness (QED) is 0.345. The Balaban J connectivity index is 3.32. The summed E-state index contributed by atoms with van der Waals surface area (Å²) in [5.41, 5.74) is 0. The standard InChI is InChI=1S/C18H38O3S2/c1-3-5-15-22(19)16-13-11-9-7-8-10-12-14-18-23(20,21)17-6-4-2/h3-18H2,1-2H3. The van der Waals surface area contributed by atoms with Crippen LogP contribution in [0.2, 0.25) is 0 Å². The van der Waals surface area contributed by atoms with E-state index in [4.69, 9.17) is 0 Å². The molecule has 0 bridgehead atoms. The molecular formula is C18H38O3S2. The Morgan fingerprint density at radius 2 is 1.04 bits per heavy atom. The average molecular weight is 367 g/mol. The van der Waals surface area contributed by atoms with Crippen molar-refractivity contribution in [2.24, 2.45) is 0 Å². The smallest absolute Gasteiger partial charge is 0.150 e. The first kappa shape index (κ1) is 23.1. The van der Waals surface area contributed by atoms with E-state index < -0.39 is 20.6 Å². The van der Waals surface area contributed by atoms with Crippen LogP contribution in [0.5, 0.6) is 0 Å². The van der Waals surface area contributed by atoms with E-state index in [9.17, 15) is 12.6 Å². The van der Waals surface area contributed by atoms with Gasteiger partial charge >= 0.3 is 0 Å². The van der Waals surface area contributed by atoms with Gasteiger partial charge in [-0.15, -0.1) is 0 Å². The van der Waals surface area contributed by atoms with Gasteiger partial charge in [0.1, 0.15) is 9.84 Å². The first-order chi connectivity index (χ1) is 11.0. The zero-order valence-electron chi connectivity index (χ0n) is 15.4. The maximum Gasteiger partial charge on any atom is 0.150 e. The third-order valence-corrected chi connectivity index (χ3v) is 7.42. The van der Waals surface area contributed by atoms with Crippen molar-refractivity contribution < 1.29 is 12.6 Å². The first-order valence-electron chi connectivity index (χ1n) is 9.57. The highest BCUT2D eigenvalue weighted by molar-refractivity contribution is 7.91. The van der Waals surface area contributed by atoms with E-state index in [2.05, 4.69) is 6.92 Å². The molecule has 5 heteroatoms. The first-order valence-corrected chi connectivity index (χ1v) is 12.9. The van der Waals surface area contributed by atoms with Gasteiger partial charge in [-0.3, -0.25) is 4.21 Å². The van der Waals surface area contributed by atoms with Gasteiger partial charge in [-0.1, -0.05) is 65.2 Å². The second-order valence-corrected chi connectivity index (χ2v) is 10.5. The van der Waals surface area contributed by atoms with Crippen LogP contribution in [0.1, 0.15) is 90.9 Å². The zero-order valence-corrected chi connectivity index (χ0v) is 17.0. The molecule has 0 aliphatic rings. The molecule has 0 aromatic carbocycles. The van der Waals surface area contributed by atoms with Crippen LogP contribution in [0, 0.1) is 0 Å². The number of hydrogen-bond acceptors (Lipinski definition) is 3. The Morgan fingerprint density at radius 3 is 1.61 bits per heavy atom. The van der Waals surface area contributed by atoms with E-state index in [0.717, 1.165) is 62.9 Å². The Bertz CT molecular complexity index is 378. The minimum Gasteiger partial charge on any atom is -0.260 e. The van der Waals surface area contributed by atoms with Crippen LogP contribution < -0.4 is 0 Å². The Kier molecular flexibility index (Phi) is 15.7. The van der Waals surface area contributed by atoms with Gasteiger partial charge in [-0.05, 0) is 25.7 Å². The molecule has 0 saturated heterocycles. The van der Waals surface area contributed by atoms with Crippen molar-refractivity contribution in [1.82, 2.24) is 0 Å². The largest absolute Gasteiger partial charge is 0.260 e. The lowest BCUT2D eigenvalue weighted by Gasteiger charge is -2.04. The molecule has 0 spiro atoms. The monoisotopic (exact) mass is 366 g/mol. The van der Waals surface area contributed by atoms with Crippen LogP contribution in [-0.4, -0.2) is 35.6 Å². The molecule has 0 aromatic rings. The molecule has 0 saturated carbocycles. The Hall–Kier alpha value is 0.1000. The Labute approximate surface area is 147 Å². The molecule has 23 heavy (non-hydrogen) atoms. The molecule has 0 rings (SSSR count). The summed E-state index contributed by atoms with van der Waals surface area (Å²) < 4.78 is 35.0. The normalized spacial score (nSPS) is 13.3. The van der Waals surface area contributed by atoms with Crippen LogP contribution in [0.4, 0.5) is 0 Å². The van der Waals surface area contributed by atoms with Gasteiger partial charge in [0.25, 0.3) is 0 Å². The van der Waals surface area contributed by atoms with Gasteiger partial charge in [-0.2, -0.15) is 0 Å². The predicted molar refractivity (Wildman–Crippen MR) is 103 cm³/mol. The summed E-state index contributed by atoms with van der Waals surface area (Å²) in [7, 11) is -3.39. The Morgan fingerprint density at radius 1 is 0.609 bits per heavy atom. The van der Waals surface area contributed by atoms with Crippen molar-refractivity contribution in [3.05, 3.63) is 0 Å². The molecule has 0 N–H and O–H groups in total. The topological polar surface area (TPSA) is 51.2 Å². The lowest BCUT2D eigenvalue weighted by molar-refractivity contribution is 0.571. The van der Waals surface area contributed by atoms with Gasteiger partial charge in [0.05, 0.1) is 11.5 Å². The lowest BCUT2D eigenvalue weighted by Crippen LogP contribution is -2.10. The summed E-state index contributed by atoms with van der Waals surface area (Å²) in [5.74, 6) is 2.48. The highest BCUT2D eigenvalue weighted by Gasteiger charge is 2.08. The van der Waals surface area contributed by atoms with Crippen molar-refractivity contribution in [3.8, 4) is 0 Å². The maximum absolute atomic E-state index is 11.7. The van der Waals surface area contributed by atoms with E-state index in [0.29, 0.717) is 11.5 Å². The number of hydrogen-bond donors (Lipinski definition) is 0. The molecule has 0 fully saturated rings. The molecular weight excluding hydrogens is 328 g/mol. The molecule has 140 valence electrons. The molecule has 0 aliphatic heterocycles. The fourth-order valence-electron chi connectivity index (χ4n) is 2.52. The summed E-state index contributed by atoms with van der Waals surface area (Å²) in [5, 5.41) is 0. The molecule has 1 unspecified atom stereocenters. The molecule has 1 atom stereocenters. The molecule has 3 nitrogen and oxygen atoms in total. The highest BCUT2D eigenvalue weighted by Crippen LogP contribution is 2.10. The molecule has 0 amide bonds. The van der Waals surface area contributed by atoms with E-state index in [1.165, 1.54) is 25.7 Å². The van der Waals surface area contributed by atoms with E-state index in [1.54, 1.807) is 0 Å². The van der Waals surface area contributed by atoms with Crippen molar-refractivity contribution >= 4 is 20.6 Å². The van der Waals surface area contributed by atoms with Crippen molar-refractivity contribution in [3.63, 3.8) is 0 Å². The predicted octanol–water partition coefficient (Wildman–Crippen LogP) is 4.87. The van der Waals surface area contributed by atoms with Crippen LogP contribution in [0.15, 0.2) is 0 Å². The number of sulfone groups is 1. The molecule has 0 aromatic heterocycles. The number of rotatable bonds is 17. The highest BCUT2D eigenvalue weighted by atomic mass is 32.2. The van der Waals surface area contributed by atoms with Crippen molar-refractivity contribution in [2.75, 3.05) is 23.0 Å². The molecule has 0 radical (unpaired) electrons. The second-order valence-electron chi connectivity index (χ2n) is 6.54. The second kappa shape index (κ2) is 15.6. The van der Waals surface area contributed by atoms with Crippen LogP contribution in [-0.2, 0) is 20.6 Å². The van der Waals surface area contributed by atoms with Gasteiger partial charge in [0.2, 0.25) is 0 Å². The van der Waals surface area contributed by atoms with Crippen molar-refractivity contribution in [1.29, 1.82) is 0 Å². The zero-order chi connectivity index (χ0) is 17.4. The fourth-order valence-corrected chi connectivity index (χ4v) is 5.44. The molecule has 0 aliphatic carbocycles.